The summed E-state index contributed by atoms with van der Waals surface area (Å²) in [5.41, 5.74) is 2.88. The van der Waals surface area contributed by atoms with Crippen LogP contribution in [0.25, 0.3) is 0 Å². The van der Waals surface area contributed by atoms with Crippen LogP contribution in [0.4, 0.5) is 17.1 Å². The lowest BCUT2D eigenvalue weighted by Crippen LogP contribution is -2.49. The van der Waals surface area contributed by atoms with Gasteiger partial charge in [-0.2, -0.15) is 0 Å². The fourth-order valence-electron chi connectivity index (χ4n) is 6.23. The number of carbonyl (C=O) groups excluding carboxylic acids is 2. The molecule has 2 aliphatic heterocycles. The van der Waals surface area contributed by atoms with E-state index in [2.05, 4.69) is 5.32 Å². The number of aliphatic hydroxyl groups excluding tert-OH is 2. The highest BCUT2D eigenvalue weighted by atomic mass is 16.5. The maximum Gasteiger partial charge on any atom is 0.264 e. The number of nitrogens with one attached hydrogen (secondary N) is 1. The van der Waals surface area contributed by atoms with E-state index in [0.29, 0.717) is 49.4 Å². The topological polar surface area (TPSA) is 123 Å². The van der Waals surface area contributed by atoms with Crippen molar-refractivity contribution in [2.24, 2.45) is 5.92 Å². The maximum absolute atomic E-state index is 13.8. The highest BCUT2D eigenvalue weighted by molar-refractivity contribution is 6.08. The molecule has 3 aromatic rings. The third kappa shape index (κ3) is 6.53. The van der Waals surface area contributed by atoms with Crippen LogP contribution in [0.2, 0.25) is 0 Å². The Morgan fingerprint density at radius 1 is 1.02 bits per heavy atom. The first-order valence-corrected chi connectivity index (χ1v) is 15.8. The van der Waals surface area contributed by atoms with Crippen molar-refractivity contribution in [3.63, 3.8) is 0 Å². The standard InChI is InChI=1S/C36H43N3O6/c1-3-45-29-17-18-32-27(22-29)23-31(37-19-7-9-21-41)34(42)39(32)28-15-13-26(14-16-28)24-38-33-12-5-4-11-30(33)36(44,35(38)43)25(2)10-6-8-20-40/h4-6,10-18,22,25,31,37,40-41,44H,3,7-9,19-21,23-24H2,1-2H3/b10-6+/t25-,31?,36+/m0/s1. The van der Waals surface area contributed by atoms with Crippen molar-refractivity contribution in [3.05, 3.63) is 95.6 Å². The zero-order valence-corrected chi connectivity index (χ0v) is 26.0. The van der Waals surface area contributed by atoms with E-state index < -0.39 is 23.5 Å². The largest absolute Gasteiger partial charge is 0.494 e. The van der Waals surface area contributed by atoms with Gasteiger partial charge in [0.2, 0.25) is 5.91 Å². The fourth-order valence-corrected chi connectivity index (χ4v) is 6.23. The van der Waals surface area contributed by atoms with Crippen molar-refractivity contribution in [3.8, 4) is 5.75 Å². The fraction of sp³-hybridized carbons (Fsp3) is 0.389. The number of amides is 2. The van der Waals surface area contributed by atoms with E-state index in [1.165, 1.54) is 0 Å². The van der Waals surface area contributed by atoms with Gasteiger partial charge in [-0.1, -0.05) is 49.4 Å². The molecule has 2 aliphatic rings. The number of para-hydroxylation sites is 1. The number of anilines is 3. The van der Waals surface area contributed by atoms with Gasteiger partial charge in [0.15, 0.2) is 5.60 Å². The second kappa shape index (κ2) is 14.4. The molecule has 0 aliphatic carbocycles. The van der Waals surface area contributed by atoms with Crippen molar-refractivity contribution < 1.29 is 29.6 Å². The van der Waals surface area contributed by atoms with E-state index in [4.69, 9.17) is 14.9 Å². The van der Waals surface area contributed by atoms with Gasteiger partial charge in [0.25, 0.3) is 5.91 Å². The molecule has 0 fully saturated rings. The van der Waals surface area contributed by atoms with Gasteiger partial charge in [-0.25, -0.2) is 0 Å². The quantitative estimate of drug-likeness (QED) is 0.158. The predicted octanol–water partition coefficient (Wildman–Crippen LogP) is 4.35. The molecule has 0 spiro atoms. The maximum atomic E-state index is 13.8. The molecule has 1 unspecified atom stereocenters. The third-order valence-electron chi connectivity index (χ3n) is 8.61. The molecule has 0 radical (unpaired) electrons. The van der Waals surface area contributed by atoms with Gasteiger partial charge < -0.3 is 30.3 Å². The number of ether oxygens (including phenoxy) is 1. The van der Waals surface area contributed by atoms with Gasteiger partial charge in [0.05, 0.1) is 30.6 Å². The molecule has 3 atom stereocenters. The smallest absolute Gasteiger partial charge is 0.264 e. The third-order valence-corrected chi connectivity index (χ3v) is 8.61. The normalized spacial score (nSPS) is 20.1. The first kappa shape index (κ1) is 32.4. The lowest BCUT2D eigenvalue weighted by molar-refractivity contribution is -0.139. The van der Waals surface area contributed by atoms with Gasteiger partial charge in [0, 0.05) is 30.4 Å². The summed E-state index contributed by atoms with van der Waals surface area (Å²) >= 11 is 0. The lowest BCUT2D eigenvalue weighted by Gasteiger charge is -2.35. The molecule has 2 heterocycles. The van der Waals surface area contributed by atoms with Crippen molar-refractivity contribution in [2.45, 2.75) is 57.7 Å². The van der Waals surface area contributed by atoms with Crippen LogP contribution in [-0.4, -0.2) is 59.5 Å². The number of unbranched alkanes of at least 4 members (excludes halogenated alkanes) is 1. The summed E-state index contributed by atoms with van der Waals surface area (Å²) in [6, 6.07) is 20.3. The highest BCUT2D eigenvalue weighted by Gasteiger charge is 2.52. The Morgan fingerprint density at radius 2 is 1.80 bits per heavy atom. The Kier molecular flexibility index (Phi) is 10.4. The summed E-state index contributed by atoms with van der Waals surface area (Å²) in [6.07, 6.45) is 5.99. The Labute approximate surface area is 264 Å². The number of hydrogen-bond donors (Lipinski definition) is 4. The van der Waals surface area contributed by atoms with Crippen molar-refractivity contribution in [1.29, 1.82) is 0 Å². The minimum atomic E-state index is -1.72. The molecular weight excluding hydrogens is 570 g/mol. The molecule has 238 valence electrons. The summed E-state index contributed by atoms with van der Waals surface area (Å²) < 4.78 is 5.74. The van der Waals surface area contributed by atoms with E-state index >= 15 is 0 Å². The van der Waals surface area contributed by atoms with Gasteiger partial charge in [-0.3, -0.25) is 14.5 Å². The first-order valence-electron chi connectivity index (χ1n) is 15.8. The summed E-state index contributed by atoms with van der Waals surface area (Å²) in [4.78, 5) is 31.0. The molecule has 5 rings (SSSR count). The van der Waals surface area contributed by atoms with Crippen molar-refractivity contribution >= 4 is 28.9 Å². The Morgan fingerprint density at radius 3 is 2.53 bits per heavy atom. The van der Waals surface area contributed by atoms with E-state index in [0.717, 1.165) is 29.0 Å². The molecule has 9 heteroatoms. The second-order valence-corrected chi connectivity index (χ2v) is 11.6. The summed E-state index contributed by atoms with van der Waals surface area (Å²) in [5.74, 6) is -0.188. The first-order chi connectivity index (χ1) is 21.8. The van der Waals surface area contributed by atoms with Gasteiger partial charge >= 0.3 is 0 Å². The second-order valence-electron chi connectivity index (χ2n) is 11.6. The summed E-state index contributed by atoms with van der Waals surface area (Å²) in [5, 5.41) is 33.5. The number of aliphatic hydroxyl groups is 3. The average Bonchev–Trinajstić information content (AvgIpc) is 3.27. The van der Waals surface area contributed by atoms with Gasteiger partial charge in [-0.15, -0.1) is 0 Å². The number of fused-ring (bicyclic) bond motifs is 2. The van der Waals surface area contributed by atoms with Crippen LogP contribution >= 0.6 is 0 Å². The van der Waals surface area contributed by atoms with Gasteiger partial charge in [-0.05, 0) is 86.7 Å². The number of carbonyl (C=O) groups is 2. The molecule has 45 heavy (non-hydrogen) atoms. The molecule has 0 saturated carbocycles. The minimum Gasteiger partial charge on any atom is -0.494 e. The van der Waals surface area contributed by atoms with E-state index in [-0.39, 0.29) is 25.7 Å². The van der Waals surface area contributed by atoms with Crippen LogP contribution < -0.4 is 19.9 Å². The van der Waals surface area contributed by atoms with Crippen LogP contribution in [0, 0.1) is 5.92 Å². The van der Waals surface area contributed by atoms with Crippen LogP contribution in [0.3, 0.4) is 0 Å². The number of benzene rings is 3. The molecule has 2 amide bonds. The van der Waals surface area contributed by atoms with Crippen molar-refractivity contribution in [1.82, 2.24) is 5.32 Å². The SMILES string of the molecule is CCOc1ccc2c(c1)CC(NCCCCO)C(=O)N2c1ccc(CN2C(=O)[C@@](O)([C@@H](C)/C=C/CCO)c3ccccc32)cc1. The zero-order chi connectivity index (χ0) is 32.0. The number of rotatable bonds is 14. The Hall–Kier alpha value is -4.02. The lowest BCUT2D eigenvalue weighted by atomic mass is 9.83. The average molecular weight is 614 g/mol. The molecule has 3 aromatic carbocycles. The number of hydrogen-bond acceptors (Lipinski definition) is 7. The summed E-state index contributed by atoms with van der Waals surface area (Å²) in [6.45, 7) is 5.29. The van der Waals surface area contributed by atoms with Crippen LogP contribution in [0.5, 0.6) is 5.75 Å². The number of nitrogens with zero attached hydrogens (tertiary/aromatic N) is 2. The van der Waals surface area contributed by atoms with Crippen LogP contribution in [0.15, 0.2) is 78.9 Å². The molecule has 4 N–H and O–H groups in total. The van der Waals surface area contributed by atoms with E-state index in [1.54, 1.807) is 34.9 Å². The van der Waals surface area contributed by atoms with E-state index in [9.17, 15) is 14.7 Å². The zero-order valence-electron chi connectivity index (χ0n) is 26.0. The highest BCUT2D eigenvalue weighted by Crippen LogP contribution is 2.46. The van der Waals surface area contributed by atoms with E-state index in [1.807, 2.05) is 67.6 Å². The molecule has 0 aromatic heterocycles. The summed E-state index contributed by atoms with van der Waals surface area (Å²) in [7, 11) is 0. The monoisotopic (exact) mass is 613 g/mol. The molecule has 0 saturated heterocycles. The Balaban J connectivity index is 1.40. The van der Waals surface area contributed by atoms with Crippen LogP contribution in [-0.2, 0) is 28.2 Å². The molecule has 9 nitrogen and oxygen atoms in total. The van der Waals surface area contributed by atoms with Crippen molar-refractivity contribution in [2.75, 3.05) is 36.2 Å². The predicted molar refractivity (Wildman–Crippen MR) is 175 cm³/mol. The molecule has 0 bridgehead atoms. The Bertz CT molecular complexity index is 1520. The minimum absolute atomic E-state index is 0.000973. The van der Waals surface area contributed by atoms with Crippen LogP contribution in [0.1, 0.15) is 49.8 Å². The van der Waals surface area contributed by atoms with Gasteiger partial charge in [0.1, 0.15) is 5.75 Å². The molecular formula is C36H43N3O6.